The van der Waals surface area contributed by atoms with Crippen LogP contribution in [-0.2, 0) is 10.0 Å². The van der Waals surface area contributed by atoms with Crippen LogP contribution < -0.4 is 5.32 Å². The smallest absolute Gasteiger partial charge is 0.220 e. The van der Waals surface area contributed by atoms with E-state index in [1.807, 2.05) is 36.4 Å². The number of hydrogen-bond acceptors (Lipinski definition) is 5. The lowest BCUT2D eigenvalue weighted by molar-refractivity contribution is 0.189. The summed E-state index contributed by atoms with van der Waals surface area (Å²) in [6.45, 7) is 2.30. The lowest BCUT2D eigenvalue weighted by Crippen LogP contribution is -2.32. The summed E-state index contributed by atoms with van der Waals surface area (Å²) < 4.78 is 27.1. The van der Waals surface area contributed by atoms with E-state index in [1.165, 1.54) is 4.31 Å². The molecule has 0 spiro atoms. The van der Waals surface area contributed by atoms with Gasteiger partial charge in [0.2, 0.25) is 10.0 Å². The predicted octanol–water partition coefficient (Wildman–Crippen LogP) is 3.35. The molecule has 25 heavy (non-hydrogen) atoms. The number of nitrogens with one attached hydrogen (secondary N) is 1. The zero-order chi connectivity index (χ0) is 17.6. The standard InChI is InChI=1S/C18H20N2O3S2/c1-12(25(22,23)20-9-8-14(21)11-20)13-6-7-18-16(10-13)19-15-4-2-3-5-17(15)24-18/h2-7,10,12,14,19,21H,8-9,11H2,1H3/t12?,14-/m0/s1. The molecule has 7 heteroatoms. The van der Waals surface area contributed by atoms with Crippen LogP contribution >= 0.6 is 11.8 Å². The fraction of sp³-hybridized carbons (Fsp3) is 0.333. The van der Waals surface area contributed by atoms with Crippen LogP contribution in [0.25, 0.3) is 0 Å². The number of benzene rings is 2. The maximum absolute atomic E-state index is 12.8. The highest BCUT2D eigenvalue weighted by Crippen LogP contribution is 2.45. The van der Waals surface area contributed by atoms with E-state index in [1.54, 1.807) is 18.7 Å². The monoisotopic (exact) mass is 376 g/mol. The van der Waals surface area contributed by atoms with Gasteiger partial charge in [0, 0.05) is 22.9 Å². The van der Waals surface area contributed by atoms with Gasteiger partial charge in [0.25, 0.3) is 0 Å². The summed E-state index contributed by atoms with van der Waals surface area (Å²) in [5.74, 6) is 0. The third-order valence-electron chi connectivity index (χ3n) is 4.78. The van der Waals surface area contributed by atoms with E-state index in [0.29, 0.717) is 13.0 Å². The Labute approximate surface area is 152 Å². The molecule has 2 aromatic carbocycles. The van der Waals surface area contributed by atoms with Crippen LogP contribution in [0.5, 0.6) is 0 Å². The Bertz CT molecular complexity index is 914. The van der Waals surface area contributed by atoms with Crippen molar-refractivity contribution in [1.29, 1.82) is 0 Å². The van der Waals surface area contributed by atoms with Gasteiger partial charge in [0.15, 0.2) is 0 Å². The fourth-order valence-electron chi connectivity index (χ4n) is 3.25. The summed E-state index contributed by atoms with van der Waals surface area (Å²) in [6, 6.07) is 13.9. The van der Waals surface area contributed by atoms with Crippen molar-refractivity contribution in [2.45, 2.75) is 34.5 Å². The van der Waals surface area contributed by atoms with Crippen molar-refractivity contribution in [3.8, 4) is 0 Å². The molecule has 2 aliphatic rings. The first-order chi connectivity index (χ1) is 11.9. The largest absolute Gasteiger partial charge is 0.392 e. The molecule has 0 saturated carbocycles. The summed E-state index contributed by atoms with van der Waals surface area (Å²) in [5.41, 5.74) is 2.73. The molecule has 0 aromatic heterocycles. The average molecular weight is 377 g/mol. The number of aliphatic hydroxyl groups excluding tert-OH is 1. The van der Waals surface area contributed by atoms with Crippen LogP contribution in [-0.4, -0.2) is 37.0 Å². The van der Waals surface area contributed by atoms with Crippen LogP contribution in [0, 0.1) is 0 Å². The summed E-state index contributed by atoms with van der Waals surface area (Å²) in [5, 5.41) is 12.4. The highest BCUT2D eigenvalue weighted by Gasteiger charge is 2.35. The minimum absolute atomic E-state index is 0.194. The number of nitrogens with zero attached hydrogens (tertiary/aromatic N) is 1. The van der Waals surface area contributed by atoms with Gasteiger partial charge in [-0.1, -0.05) is 30.0 Å². The number of β-amino-alcohol motifs (C(OH)–C–C–N with tert-alkyl or cyclic N) is 1. The molecule has 0 aliphatic carbocycles. The normalized spacial score (nSPS) is 21.3. The quantitative estimate of drug-likeness (QED) is 0.734. The first-order valence-corrected chi connectivity index (χ1v) is 10.6. The Morgan fingerprint density at radius 1 is 1.20 bits per heavy atom. The lowest BCUT2D eigenvalue weighted by Gasteiger charge is -2.24. The van der Waals surface area contributed by atoms with Crippen LogP contribution in [0.3, 0.4) is 0 Å². The van der Waals surface area contributed by atoms with Crippen LogP contribution in [0.15, 0.2) is 52.3 Å². The third-order valence-corrected chi connectivity index (χ3v) is 8.15. The molecule has 2 aliphatic heterocycles. The van der Waals surface area contributed by atoms with Gasteiger partial charge in [0.1, 0.15) is 0 Å². The Hall–Kier alpha value is -1.54. The maximum atomic E-state index is 12.8. The molecule has 4 rings (SSSR count). The Balaban J connectivity index is 1.62. The van der Waals surface area contributed by atoms with Crippen molar-refractivity contribution in [2.75, 3.05) is 18.4 Å². The molecule has 1 fully saturated rings. The number of aliphatic hydroxyl groups is 1. The second-order valence-corrected chi connectivity index (χ2v) is 9.80. The first-order valence-electron chi connectivity index (χ1n) is 8.30. The van der Waals surface area contributed by atoms with Crippen LogP contribution in [0.4, 0.5) is 11.4 Å². The zero-order valence-corrected chi connectivity index (χ0v) is 15.5. The van der Waals surface area contributed by atoms with Gasteiger partial charge >= 0.3 is 0 Å². The van der Waals surface area contributed by atoms with E-state index < -0.39 is 21.4 Å². The number of hydrogen-bond donors (Lipinski definition) is 2. The molecule has 2 aromatic rings. The Kier molecular flexibility index (Phi) is 4.27. The number of fused-ring (bicyclic) bond motifs is 2. The topological polar surface area (TPSA) is 69.6 Å². The molecule has 1 saturated heterocycles. The summed E-state index contributed by atoms with van der Waals surface area (Å²) >= 11 is 1.68. The molecule has 0 radical (unpaired) electrons. The van der Waals surface area contributed by atoms with E-state index in [0.717, 1.165) is 26.7 Å². The lowest BCUT2D eigenvalue weighted by atomic mass is 10.1. The van der Waals surface area contributed by atoms with Gasteiger partial charge in [-0.25, -0.2) is 8.42 Å². The van der Waals surface area contributed by atoms with Gasteiger partial charge in [-0.05, 0) is 43.2 Å². The first kappa shape index (κ1) is 16.9. The van der Waals surface area contributed by atoms with Gasteiger partial charge in [-0.2, -0.15) is 4.31 Å². The summed E-state index contributed by atoms with van der Waals surface area (Å²) in [7, 11) is -3.47. The van der Waals surface area contributed by atoms with E-state index in [-0.39, 0.29) is 6.54 Å². The minimum Gasteiger partial charge on any atom is -0.392 e. The van der Waals surface area contributed by atoms with Gasteiger partial charge in [-0.15, -0.1) is 0 Å². The van der Waals surface area contributed by atoms with Gasteiger partial charge in [0.05, 0.1) is 22.7 Å². The molecule has 0 amide bonds. The summed E-state index contributed by atoms with van der Waals surface area (Å²) in [4.78, 5) is 2.25. The van der Waals surface area contributed by atoms with Crippen molar-refractivity contribution < 1.29 is 13.5 Å². The molecule has 132 valence electrons. The molecule has 2 atom stereocenters. The highest BCUT2D eigenvalue weighted by molar-refractivity contribution is 7.99. The molecule has 2 heterocycles. The minimum atomic E-state index is -3.47. The van der Waals surface area contributed by atoms with Crippen LogP contribution in [0.1, 0.15) is 24.2 Å². The van der Waals surface area contributed by atoms with Crippen molar-refractivity contribution in [3.05, 3.63) is 48.0 Å². The van der Waals surface area contributed by atoms with E-state index in [4.69, 9.17) is 0 Å². The number of sulfonamides is 1. The van der Waals surface area contributed by atoms with Gasteiger partial charge < -0.3 is 10.4 Å². The second-order valence-electron chi connectivity index (χ2n) is 6.47. The molecule has 2 N–H and O–H groups in total. The Morgan fingerprint density at radius 2 is 1.96 bits per heavy atom. The predicted molar refractivity (Wildman–Crippen MR) is 99.8 cm³/mol. The zero-order valence-electron chi connectivity index (χ0n) is 13.8. The fourth-order valence-corrected chi connectivity index (χ4v) is 5.89. The highest BCUT2D eigenvalue weighted by atomic mass is 32.2. The van der Waals surface area contributed by atoms with Crippen molar-refractivity contribution in [1.82, 2.24) is 4.31 Å². The van der Waals surface area contributed by atoms with E-state index in [9.17, 15) is 13.5 Å². The van der Waals surface area contributed by atoms with Gasteiger partial charge in [-0.3, -0.25) is 0 Å². The van der Waals surface area contributed by atoms with Crippen molar-refractivity contribution >= 4 is 33.2 Å². The maximum Gasteiger partial charge on any atom is 0.220 e. The van der Waals surface area contributed by atoms with Crippen molar-refractivity contribution in [2.24, 2.45) is 0 Å². The molecule has 5 nitrogen and oxygen atoms in total. The molecular formula is C18H20N2O3S2. The number of anilines is 2. The van der Waals surface area contributed by atoms with E-state index >= 15 is 0 Å². The van der Waals surface area contributed by atoms with Crippen molar-refractivity contribution in [3.63, 3.8) is 0 Å². The molecule has 1 unspecified atom stereocenters. The molecule has 0 bridgehead atoms. The van der Waals surface area contributed by atoms with Crippen LogP contribution in [0.2, 0.25) is 0 Å². The van der Waals surface area contributed by atoms with E-state index in [2.05, 4.69) is 11.4 Å². The summed E-state index contributed by atoms with van der Waals surface area (Å²) in [6.07, 6.45) is -0.0504. The number of rotatable bonds is 3. The average Bonchev–Trinajstić information content (AvgIpc) is 3.06. The second kappa shape index (κ2) is 6.32. The SMILES string of the molecule is CC(c1ccc2c(c1)Nc1ccccc1S2)S(=O)(=O)N1CC[C@H](O)C1. The molecular weight excluding hydrogens is 356 g/mol. The Morgan fingerprint density at radius 3 is 2.72 bits per heavy atom. The third kappa shape index (κ3) is 3.06. The number of para-hydroxylation sites is 1.